The van der Waals surface area contributed by atoms with Gasteiger partial charge in [-0.15, -0.1) is 10.2 Å². The molecule has 1 atom stereocenters. The van der Waals surface area contributed by atoms with E-state index >= 15 is 0 Å². The molecule has 0 radical (unpaired) electrons. The van der Waals surface area contributed by atoms with Crippen molar-refractivity contribution in [2.45, 2.75) is 65.3 Å². The molecule has 0 aliphatic heterocycles. The van der Waals surface area contributed by atoms with Crippen molar-refractivity contribution in [2.24, 2.45) is 5.92 Å². The summed E-state index contributed by atoms with van der Waals surface area (Å²) in [5.41, 5.74) is 4.64. The van der Waals surface area contributed by atoms with Crippen LogP contribution in [0.5, 0.6) is 5.88 Å². The van der Waals surface area contributed by atoms with Crippen LogP contribution in [0.1, 0.15) is 69.8 Å². The lowest BCUT2D eigenvalue weighted by Gasteiger charge is -2.23. The molecule has 1 aromatic heterocycles. The third-order valence-corrected chi connectivity index (χ3v) is 6.26. The number of benzene rings is 2. The van der Waals surface area contributed by atoms with Gasteiger partial charge >= 0.3 is 5.97 Å². The van der Waals surface area contributed by atoms with Crippen molar-refractivity contribution in [3.8, 4) is 17.1 Å². The van der Waals surface area contributed by atoms with Crippen LogP contribution in [0.3, 0.4) is 0 Å². The highest BCUT2D eigenvalue weighted by Gasteiger charge is 2.16. The number of hydrogen-bond acceptors (Lipinski definition) is 6. The number of carbonyl (C=O) groups is 2. The number of carboxylic acids is 1. The number of aliphatic carboxylic acids is 1. The fraction of sp³-hybridized carbons (Fsp3) is 0.400. The van der Waals surface area contributed by atoms with Crippen molar-refractivity contribution in [2.75, 3.05) is 11.9 Å². The molecule has 3 aromatic rings. The number of carbonyl (C=O) groups excluding carboxylic acids is 1. The van der Waals surface area contributed by atoms with Crippen LogP contribution in [0, 0.1) is 5.92 Å². The van der Waals surface area contributed by atoms with Gasteiger partial charge in [0, 0.05) is 35.7 Å². The van der Waals surface area contributed by atoms with Crippen molar-refractivity contribution < 1.29 is 19.4 Å². The molecule has 0 bridgehead atoms. The Bertz CT molecular complexity index is 1170. The molecule has 7 nitrogen and oxygen atoms in total. The largest absolute Gasteiger partial charge is 0.481 e. The third kappa shape index (κ3) is 8.41. The molecule has 1 heterocycles. The first-order chi connectivity index (χ1) is 17.5. The SMILES string of the molecule is CC(C)[C@@H](COc1ccc(-c2ccc(C(C)(C)C)cc2)nn1)Nc1ccc(C(=O)CCCC(=O)O)cc1. The van der Waals surface area contributed by atoms with Crippen LogP contribution in [-0.4, -0.2) is 39.7 Å². The molecule has 196 valence electrons. The van der Waals surface area contributed by atoms with E-state index in [1.807, 2.05) is 24.3 Å². The van der Waals surface area contributed by atoms with Crippen molar-refractivity contribution in [1.82, 2.24) is 10.2 Å². The normalized spacial score (nSPS) is 12.3. The zero-order chi connectivity index (χ0) is 27.0. The highest BCUT2D eigenvalue weighted by atomic mass is 16.5. The molecular weight excluding hydrogens is 466 g/mol. The summed E-state index contributed by atoms with van der Waals surface area (Å²) in [6.07, 6.45) is 0.566. The molecule has 0 fully saturated rings. The Balaban J connectivity index is 1.55. The third-order valence-electron chi connectivity index (χ3n) is 6.26. The molecule has 0 spiro atoms. The predicted molar refractivity (Wildman–Crippen MR) is 146 cm³/mol. The molecule has 0 saturated heterocycles. The first-order valence-corrected chi connectivity index (χ1v) is 12.7. The molecule has 0 amide bonds. The number of hydrogen-bond donors (Lipinski definition) is 2. The molecule has 0 saturated carbocycles. The molecule has 0 aliphatic carbocycles. The Morgan fingerprint density at radius 2 is 1.59 bits per heavy atom. The number of anilines is 1. The molecule has 0 unspecified atom stereocenters. The van der Waals surface area contributed by atoms with E-state index in [2.05, 4.69) is 74.4 Å². The molecule has 3 rings (SSSR count). The summed E-state index contributed by atoms with van der Waals surface area (Å²) in [4.78, 5) is 22.9. The fourth-order valence-electron chi connectivity index (χ4n) is 3.78. The fourth-order valence-corrected chi connectivity index (χ4v) is 3.78. The van der Waals surface area contributed by atoms with E-state index < -0.39 is 5.97 Å². The number of carboxylic acid groups (broad SMARTS) is 1. The first-order valence-electron chi connectivity index (χ1n) is 12.7. The number of rotatable bonds is 12. The van der Waals surface area contributed by atoms with Gasteiger partial charge in [-0.05, 0) is 53.6 Å². The van der Waals surface area contributed by atoms with Gasteiger partial charge in [-0.2, -0.15) is 0 Å². The van der Waals surface area contributed by atoms with Gasteiger partial charge in [0.25, 0.3) is 0 Å². The maximum absolute atomic E-state index is 12.3. The standard InChI is InChI=1S/C30H37N3O4/c1-20(2)26(31-24-15-11-22(12-16-24)27(34)7-6-8-29(35)36)19-37-28-18-17-25(32-33-28)21-9-13-23(14-10-21)30(3,4)5/h9-18,20,26,31H,6-8,19H2,1-5H3,(H,35,36)/t26-/m1/s1. The topological polar surface area (TPSA) is 101 Å². The van der Waals surface area contributed by atoms with Gasteiger partial charge in [0.05, 0.1) is 11.7 Å². The zero-order valence-corrected chi connectivity index (χ0v) is 22.3. The van der Waals surface area contributed by atoms with Crippen LogP contribution in [0.15, 0.2) is 60.7 Å². The van der Waals surface area contributed by atoms with E-state index in [4.69, 9.17) is 9.84 Å². The van der Waals surface area contributed by atoms with Gasteiger partial charge in [-0.1, -0.05) is 58.9 Å². The van der Waals surface area contributed by atoms with E-state index in [0.717, 1.165) is 16.9 Å². The Morgan fingerprint density at radius 1 is 0.919 bits per heavy atom. The van der Waals surface area contributed by atoms with Crippen molar-refractivity contribution in [1.29, 1.82) is 0 Å². The van der Waals surface area contributed by atoms with Gasteiger partial charge < -0.3 is 15.2 Å². The summed E-state index contributed by atoms with van der Waals surface area (Å²) >= 11 is 0. The first kappa shape index (κ1) is 27.8. The minimum atomic E-state index is -0.887. The Morgan fingerprint density at radius 3 is 2.14 bits per heavy atom. The van der Waals surface area contributed by atoms with Crippen LogP contribution in [0.25, 0.3) is 11.3 Å². The van der Waals surface area contributed by atoms with E-state index in [0.29, 0.717) is 24.5 Å². The maximum Gasteiger partial charge on any atom is 0.303 e. The average molecular weight is 504 g/mol. The van der Waals surface area contributed by atoms with Crippen LogP contribution in [0.4, 0.5) is 5.69 Å². The maximum atomic E-state index is 12.3. The zero-order valence-electron chi connectivity index (χ0n) is 22.3. The monoisotopic (exact) mass is 503 g/mol. The summed E-state index contributed by atoms with van der Waals surface area (Å²) in [6.45, 7) is 11.2. The van der Waals surface area contributed by atoms with E-state index in [1.54, 1.807) is 12.1 Å². The number of nitrogens with zero attached hydrogens (tertiary/aromatic N) is 2. The second kappa shape index (κ2) is 12.5. The van der Waals surface area contributed by atoms with Crippen LogP contribution in [-0.2, 0) is 10.2 Å². The lowest BCUT2D eigenvalue weighted by atomic mass is 9.86. The van der Waals surface area contributed by atoms with Gasteiger partial charge in [0.1, 0.15) is 6.61 Å². The molecular formula is C30H37N3O4. The Labute approximate surface area is 219 Å². The Hall–Kier alpha value is -3.74. The Kier molecular flexibility index (Phi) is 9.39. The quantitative estimate of drug-likeness (QED) is 0.276. The number of ether oxygens (including phenoxy) is 1. The number of nitrogens with one attached hydrogen (secondary N) is 1. The number of Topliss-reactive ketones (excluding diaryl/α,β-unsaturated/α-hetero) is 1. The average Bonchev–Trinajstić information content (AvgIpc) is 2.86. The number of ketones is 1. The van der Waals surface area contributed by atoms with Gasteiger partial charge in [0.15, 0.2) is 5.78 Å². The molecule has 0 aliphatic rings. The summed E-state index contributed by atoms with van der Waals surface area (Å²) < 4.78 is 5.94. The van der Waals surface area contributed by atoms with Gasteiger partial charge in [0.2, 0.25) is 5.88 Å². The minimum absolute atomic E-state index is 0.000899. The van der Waals surface area contributed by atoms with Crippen molar-refractivity contribution in [3.05, 3.63) is 71.8 Å². The molecule has 37 heavy (non-hydrogen) atoms. The van der Waals surface area contributed by atoms with E-state index in [1.165, 1.54) is 5.56 Å². The van der Waals surface area contributed by atoms with E-state index in [9.17, 15) is 9.59 Å². The molecule has 2 aromatic carbocycles. The lowest BCUT2D eigenvalue weighted by Crippen LogP contribution is -2.32. The van der Waals surface area contributed by atoms with Crippen molar-refractivity contribution in [3.63, 3.8) is 0 Å². The lowest BCUT2D eigenvalue weighted by molar-refractivity contribution is -0.137. The van der Waals surface area contributed by atoms with Crippen LogP contribution in [0.2, 0.25) is 0 Å². The second-order valence-electron chi connectivity index (χ2n) is 10.6. The minimum Gasteiger partial charge on any atom is -0.481 e. The number of aromatic nitrogens is 2. The summed E-state index contributed by atoms with van der Waals surface area (Å²) in [5, 5.41) is 20.8. The summed E-state index contributed by atoms with van der Waals surface area (Å²) in [6, 6.07) is 19.4. The van der Waals surface area contributed by atoms with Crippen LogP contribution >= 0.6 is 0 Å². The molecule has 2 N–H and O–H groups in total. The highest BCUT2D eigenvalue weighted by molar-refractivity contribution is 5.96. The highest BCUT2D eigenvalue weighted by Crippen LogP contribution is 2.25. The van der Waals surface area contributed by atoms with Gasteiger partial charge in [-0.3, -0.25) is 9.59 Å². The smallest absolute Gasteiger partial charge is 0.303 e. The summed E-state index contributed by atoms with van der Waals surface area (Å²) in [7, 11) is 0. The second-order valence-corrected chi connectivity index (χ2v) is 10.6. The predicted octanol–water partition coefficient (Wildman–Crippen LogP) is 6.39. The summed E-state index contributed by atoms with van der Waals surface area (Å²) in [5.74, 6) is -0.193. The van der Waals surface area contributed by atoms with Crippen LogP contribution < -0.4 is 10.1 Å². The van der Waals surface area contributed by atoms with E-state index in [-0.39, 0.29) is 36.0 Å². The van der Waals surface area contributed by atoms with Gasteiger partial charge in [-0.25, -0.2) is 0 Å². The van der Waals surface area contributed by atoms with Crippen molar-refractivity contribution >= 4 is 17.4 Å². The molecule has 7 heteroatoms.